The molecule has 0 fully saturated rings. The highest BCUT2D eigenvalue weighted by atomic mass is 32.2. The van der Waals surface area contributed by atoms with E-state index in [4.69, 9.17) is 0 Å². The van der Waals surface area contributed by atoms with E-state index < -0.39 is 0 Å². The Bertz CT molecular complexity index is 672. The monoisotopic (exact) mass is 342 g/mol. The van der Waals surface area contributed by atoms with Gasteiger partial charge in [0.1, 0.15) is 0 Å². The van der Waals surface area contributed by atoms with Crippen molar-refractivity contribution in [2.24, 2.45) is 0 Å². The topological polar surface area (TPSA) is 58.2 Å². The third-order valence-electron chi connectivity index (χ3n) is 3.48. The number of benzene rings is 2. The van der Waals surface area contributed by atoms with Crippen molar-refractivity contribution in [2.75, 3.05) is 11.1 Å². The fourth-order valence-electron chi connectivity index (χ4n) is 2.04. The lowest BCUT2D eigenvalue weighted by molar-refractivity contribution is -0.120. The van der Waals surface area contributed by atoms with Crippen LogP contribution in [0.3, 0.4) is 0 Å². The quantitative estimate of drug-likeness (QED) is 0.811. The summed E-state index contributed by atoms with van der Waals surface area (Å²) in [5, 5.41) is 5.44. The Labute approximate surface area is 147 Å². The Morgan fingerprint density at radius 2 is 1.71 bits per heavy atom. The second kappa shape index (κ2) is 9.13. The maximum atomic E-state index is 12.1. The molecule has 0 saturated heterocycles. The van der Waals surface area contributed by atoms with E-state index in [0.29, 0.717) is 6.54 Å². The Morgan fingerprint density at radius 3 is 2.38 bits per heavy atom. The van der Waals surface area contributed by atoms with Crippen LogP contribution in [0.1, 0.15) is 18.1 Å². The molecule has 0 aliphatic carbocycles. The summed E-state index contributed by atoms with van der Waals surface area (Å²) >= 11 is 1.33. The zero-order chi connectivity index (χ0) is 17.4. The first-order chi connectivity index (χ1) is 11.5. The molecule has 2 aromatic carbocycles. The van der Waals surface area contributed by atoms with Crippen LogP contribution in [0.4, 0.5) is 5.69 Å². The van der Waals surface area contributed by atoms with E-state index in [1.807, 2.05) is 68.4 Å². The number of rotatable bonds is 7. The molecule has 0 heterocycles. The van der Waals surface area contributed by atoms with Crippen LogP contribution in [0.5, 0.6) is 0 Å². The van der Waals surface area contributed by atoms with Gasteiger partial charge in [-0.15, -0.1) is 11.8 Å². The van der Waals surface area contributed by atoms with E-state index in [1.54, 1.807) is 0 Å². The lowest BCUT2D eigenvalue weighted by Gasteiger charge is -2.12. The molecule has 0 bridgehead atoms. The van der Waals surface area contributed by atoms with Crippen molar-refractivity contribution < 1.29 is 9.59 Å². The number of thioether (sulfide) groups is 1. The lowest BCUT2D eigenvalue weighted by Crippen LogP contribution is -2.31. The maximum absolute atomic E-state index is 12.1. The molecule has 1 atom stereocenters. The molecule has 126 valence electrons. The molecule has 0 saturated carbocycles. The zero-order valence-electron chi connectivity index (χ0n) is 13.9. The highest BCUT2D eigenvalue weighted by molar-refractivity contribution is 8.01. The third-order valence-corrected chi connectivity index (χ3v) is 4.62. The van der Waals surface area contributed by atoms with Crippen molar-refractivity contribution >= 4 is 29.3 Å². The zero-order valence-corrected chi connectivity index (χ0v) is 14.7. The summed E-state index contributed by atoms with van der Waals surface area (Å²) in [7, 11) is 0. The molecular weight excluding hydrogens is 320 g/mol. The standard InChI is InChI=1S/C19H22N2O2S/c1-14-8-10-17(11-9-14)21-18(22)13-24-15(2)19(23)20-12-16-6-4-3-5-7-16/h3-11,15H,12-13H2,1-2H3,(H,20,23)(H,21,22)/t15-/m0/s1. The molecule has 2 amide bonds. The van der Waals surface area contributed by atoms with Gasteiger partial charge in [0, 0.05) is 12.2 Å². The lowest BCUT2D eigenvalue weighted by atomic mass is 10.2. The number of hydrogen-bond acceptors (Lipinski definition) is 3. The molecule has 4 nitrogen and oxygen atoms in total. The largest absolute Gasteiger partial charge is 0.351 e. The predicted octanol–water partition coefficient (Wildman–Crippen LogP) is 3.37. The van der Waals surface area contributed by atoms with E-state index in [0.717, 1.165) is 16.8 Å². The van der Waals surface area contributed by atoms with Crippen LogP contribution < -0.4 is 10.6 Å². The highest BCUT2D eigenvalue weighted by Crippen LogP contribution is 2.13. The molecule has 2 aromatic rings. The second-order valence-corrected chi connectivity index (χ2v) is 6.90. The molecule has 24 heavy (non-hydrogen) atoms. The molecule has 0 aliphatic heterocycles. The van der Waals surface area contributed by atoms with Gasteiger partial charge in [0.15, 0.2) is 0 Å². The number of carbonyl (C=O) groups excluding carboxylic acids is 2. The van der Waals surface area contributed by atoms with E-state index in [2.05, 4.69) is 10.6 Å². The number of anilines is 1. The summed E-state index contributed by atoms with van der Waals surface area (Å²) in [5.41, 5.74) is 2.97. The average molecular weight is 342 g/mol. The van der Waals surface area contributed by atoms with Crippen molar-refractivity contribution in [1.29, 1.82) is 0 Å². The molecule has 0 aliphatic rings. The minimum absolute atomic E-state index is 0.0630. The molecule has 2 rings (SSSR count). The van der Waals surface area contributed by atoms with Gasteiger partial charge in [-0.2, -0.15) is 0 Å². The van der Waals surface area contributed by atoms with Gasteiger partial charge in [0.25, 0.3) is 0 Å². The Morgan fingerprint density at radius 1 is 1.04 bits per heavy atom. The van der Waals surface area contributed by atoms with Crippen LogP contribution >= 0.6 is 11.8 Å². The summed E-state index contributed by atoms with van der Waals surface area (Å²) in [6.07, 6.45) is 0. The first kappa shape index (κ1) is 18.1. The number of hydrogen-bond donors (Lipinski definition) is 2. The summed E-state index contributed by atoms with van der Waals surface area (Å²) in [6, 6.07) is 17.4. The highest BCUT2D eigenvalue weighted by Gasteiger charge is 2.15. The smallest absolute Gasteiger partial charge is 0.234 e. The molecule has 0 spiro atoms. The van der Waals surface area contributed by atoms with Crippen molar-refractivity contribution in [2.45, 2.75) is 25.6 Å². The van der Waals surface area contributed by atoms with Crippen LogP contribution in [0.2, 0.25) is 0 Å². The number of nitrogens with one attached hydrogen (secondary N) is 2. The van der Waals surface area contributed by atoms with Crippen molar-refractivity contribution in [3.8, 4) is 0 Å². The fraction of sp³-hybridized carbons (Fsp3) is 0.263. The van der Waals surface area contributed by atoms with Crippen LogP contribution in [0.25, 0.3) is 0 Å². The summed E-state index contributed by atoms with van der Waals surface area (Å²) in [5.74, 6) is 0.0758. The molecule has 2 N–H and O–H groups in total. The minimum atomic E-state index is -0.280. The van der Waals surface area contributed by atoms with Gasteiger partial charge in [-0.1, -0.05) is 48.0 Å². The predicted molar refractivity (Wildman–Crippen MR) is 100 cm³/mol. The Balaban J connectivity index is 1.71. The summed E-state index contributed by atoms with van der Waals surface area (Å²) < 4.78 is 0. The molecule has 5 heteroatoms. The number of amides is 2. The Kier molecular flexibility index (Phi) is 6.88. The van der Waals surface area contributed by atoms with Gasteiger partial charge >= 0.3 is 0 Å². The summed E-state index contributed by atoms with van der Waals surface area (Å²) in [4.78, 5) is 24.0. The van der Waals surface area contributed by atoms with E-state index >= 15 is 0 Å². The maximum Gasteiger partial charge on any atom is 0.234 e. The third kappa shape index (κ3) is 6.08. The minimum Gasteiger partial charge on any atom is -0.351 e. The molecule has 0 radical (unpaired) electrons. The van der Waals surface area contributed by atoms with Crippen LogP contribution in [0.15, 0.2) is 54.6 Å². The van der Waals surface area contributed by atoms with Crippen LogP contribution in [-0.4, -0.2) is 22.8 Å². The number of aryl methyl sites for hydroxylation is 1. The number of carbonyl (C=O) groups is 2. The van der Waals surface area contributed by atoms with Crippen LogP contribution in [-0.2, 0) is 16.1 Å². The molecular formula is C19H22N2O2S. The molecule has 0 aromatic heterocycles. The van der Waals surface area contributed by atoms with Gasteiger partial charge in [-0.25, -0.2) is 0 Å². The van der Waals surface area contributed by atoms with Gasteiger partial charge < -0.3 is 10.6 Å². The first-order valence-corrected chi connectivity index (χ1v) is 8.89. The Hall–Kier alpha value is -2.27. The van der Waals surface area contributed by atoms with Crippen LogP contribution in [0, 0.1) is 6.92 Å². The van der Waals surface area contributed by atoms with E-state index in [9.17, 15) is 9.59 Å². The van der Waals surface area contributed by atoms with Crippen molar-refractivity contribution in [1.82, 2.24) is 5.32 Å². The van der Waals surface area contributed by atoms with Crippen molar-refractivity contribution in [3.05, 3.63) is 65.7 Å². The van der Waals surface area contributed by atoms with E-state index in [-0.39, 0.29) is 22.8 Å². The van der Waals surface area contributed by atoms with Gasteiger partial charge in [0.2, 0.25) is 11.8 Å². The fourth-order valence-corrected chi connectivity index (χ4v) is 2.75. The SMILES string of the molecule is Cc1ccc(NC(=O)CS[C@@H](C)C(=O)NCc2ccccc2)cc1. The molecule has 0 unspecified atom stereocenters. The van der Waals surface area contributed by atoms with Gasteiger partial charge in [-0.3, -0.25) is 9.59 Å². The summed E-state index contributed by atoms with van der Waals surface area (Å²) in [6.45, 7) is 4.31. The average Bonchev–Trinajstić information content (AvgIpc) is 2.60. The second-order valence-electron chi connectivity index (χ2n) is 5.57. The first-order valence-electron chi connectivity index (χ1n) is 7.84. The normalized spacial score (nSPS) is 11.6. The van der Waals surface area contributed by atoms with E-state index in [1.165, 1.54) is 11.8 Å². The van der Waals surface area contributed by atoms with Gasteiger partial charge in [0.05, 0.1) is 11.0 Å². The van der Waals surface area contributed by atoms with Gasteiger partial charge in [-0.05, 0) is 31.5 Å². The van der Waals surface area contributed by atoms with Crippen molar-refractivity contribution in [3.63, 3.8) is 0 Å².